The zero-order chi connectivity index (χ0) is 14.1. The molecule has 0 saturated carbocycles. The van der Waals surface area contributed by atoms with Gasteiger partial charge in [-0.15, -0.1) is 0 Å². The van der Waals surface area contributed by atoms with E-state index in [4.69, 9.17) is 4.74 Å². The standard InChI is InChI=1S/C17H31NO/c1-5-6-7-8-9-10-11-17(3,4)14-15(2)16-18-12-13-19-16/h14H,5-13H2,1-4H3. The van der Waals surface area contributed by atoms with Crippen LogP contribution >= 0.6 is 0 Å². The molecule has 0 aromatic heterocycles. The highest BCUT2D eigenvalue weighted by molar-refractivity contribution is 5.93. The molecular weight excluding hydrogens is 234 g/mol. The molecule has 0 atom stereocenters. The van der Waals surface area contributed by atoms with E-state index in [0.29, 0.717) is 0 Å². The van der Waals surface area contributed by atoms with Gasteiger partial charge in [-0.3, -0.25) is 0 Å². The first kappa shape index (κ1) is 16.3. The van der Waals surface area contributed by atoms with Crippen LogP contribution in [-0.2, 0) is 4.74 Å². The maximum Gasteiger partial charge on any atom is 0.211 e. The van der Waals surface area contributed by atoms with Crippen LogP contribution in [0.4, 0.5) is 0 Å². The van der Waals surface area contributed by atoms with Gasteiger partial charge >= 0.3 is 0 Å². The molecule has 19 heavy (non-hydrogen) atoms. The third kappa shape index (κ3) is 6.79. The fourth-order valence-corrected chi connectivity index (χ4v) is 2.65. The summed E-state index contributed by atoms with van der Waals surface area (Å²) < 4.78 is 5.51. The van der Waals surface area contributed by atoms with Crippen LogP contribution in [0.5, 0.6) is 0 Å². The Morgan fingerprint density at radius 3 is 2.53 bits per heavy atom. The molecule has 2 nitrogen and oxygen atoms in total. The largest absolute Gasteiger partial charge is 0.476 e. The summed E-state index contributed by atoms with van der Waals surface area (Å²) in [7, 11) is 0. The van der Waals surface area contributed by atoms with E-state index in [1.807, 2.05) is 0 Å². The van der Waals surface area contributed by atoms with E-state index < -0.39 is 0 Å². The Morgan fingerprint density at radius 2 is 1.89 bits per heavy atom. The fraction of sp³-hybridized carbons (Fsp3) is 0.824. The summed E-state index contributed by atoms with van der Waals surface area (Å²) in [5.41, 5.74) is 1.46. The number of rotatable bonds is 9. The highest BCUT2D eigenvalue weighted by Gasteiger charge is 2.17. The maximum absolute atomic E-state index is 5.51. The highest BCUT2D eigenvalue weighted by Crippen LogP contribution is 2.28. The van der Waals surface area contributed by atoms with Gasteiger partial charge in [0.15, 0.2) is 0 Å². The summed E-state index contributed by atoms with van der Waals surface area (Å²) in [5.74, 6) is 0.857. The Kier molecular flexibility index (Phi) is 7.19. The second-order valence-corrected chi connectivity index (χ2v) is 6.37. The quantitative estimate of drug-likeness (QED) is 0.529. The molecule has 0 saturated heterocycles. The Balaban J connectivity index is 2.28. The SMILES string of the molecule is CCCCCCCCC(C)(C)C=C(C)C1=NCCO1. The van der Waals surface area contributed by atoms with Crippen molar-refractivity contribution in [2.75, 3.05) is 13.2 Å². The average Bonchev–Trinajstić information content (AvgIpc) is 2.87. The molecular formula is C17H31NO. The molecule has 1 aliphatic heterocycles. The van der Waals surface area contributed by atoms with Crippen molar-refractivity contribution in [2.24, 2.45) is 10.4 Å². The molecule has 0 spiro atoms. The number of aliphatic imine (C=N–C) groups is 1. The van der Waals surface area contributed by atoms with Gasteiger partial charge in [0.2, 0.25) is 5.90 Å². The summed E-state index contributed by atoms with van der Waals surface area (Å²) >= 11 is 0. The van der Waals surface area contributed by atoms with E-state index in [0.717, 1.165) is 19.0 Å². The molecule has 1 aliphatic rings. The molecule has 0 bridgehead atoms. The van der Waals surface area contributed by atoms with Crippen molar-refractivity contribution in [3.05, 3.63) is 11.6 Å². The first-order valence-corrected chi connectivity index (χ1v) is 7.92. The number of hydrogen-bond donors (Lipinski definition) is 0. The normalized spacial score (nSPS) is 16.4. The van der Waals surface area contributed by atoms with Gasteiger partial charge in [-0.2, -0.15) is 0 Å². The monoisotopic (exact) mass is 265 g/mol. The summed E-state index contributed by atoms with van der Waals surface area (Å²) in [6, 6.07) is 0. The van der Waals surface area contributed by atoms with E-state index in [-0.39, 0.29) is 5.41 Å². The first-order valence-electron chi connectivity index (χ1n) is 7.92. The van der Waals surface area contributed by atoms with Gasteiger partial charge in [0.05, 0.1) is 6.54 Å². The second kappa shape index (κ2) is 8.39. The number of ether oxygens (including phenoxy) is 1. The van der Waals surface area contributed by atoms with E-state index in [2.05, 4.69) is 38.8 Å². The lowest BCUT2D eigenvalue weighted by molar-refractivity contribution is 0.345. The Morgan fingerprint density at radius 1 is 1.21 bits per heavy atom. The molecule has 2 heteroatoms. The molecule has 0 aromatic rings. The topological polar surface area (TPSA) is 21.6 Å². The first-order chi connectivity index (χ1) is 9.05. The third-order valence-corrected chi connectivity index (χ3v) is 3.70. The zero-order valence-corrected chi connectivity index (χ0v) is 13.3. The Labute approximate surface area is 119 Å². The van der Waals surface area contributed by atoms with Crippen molar-refractivity contribution in [1.82, 2.24) is 0 Å². The predicted octanol–water partition coefficient (Wildman–Crippen LogP) is 5.14. The van der Waals surface area contributed by atoms with Gasteiger partial charge in [0, 0.05) is 5.57 Å². The number of unbranched alkanes of at least 4 members (excludes halogenated alkanes) is 5. The fourth-order valence-electron chi connectivity index (χ4n) is 2.65. The van der Waals surface area contributed by atoms with Gasteiger partial charge in [0.25, 0.3) is 0 Å². The van der Waals surface area contributed by atoms with E-state index in [1.54, 1.807) is 0 Å². The smallest absolute Gasteiger partial charge is 0.211 e. The van der Waals surface area contributed by atoms with Gasteiger partial charge in [-0.05, 0) is 18.8 Å². The van der Waals surface area contributed by atoms with E-state index >= 15 is 0 Å². The number of allylic oxidation sites excluding steroid dienone is 1. The molecule has 110 valence electrons. The molecule has 0 aromatic carbocycles. The minimum Gasteiger partial charge on any atom is -0.476 e. The molecule has 0 N–H and O–H groups in total. The van der Waals surface area contributed by atoms with Crippen LogP contribution in [0.25, 0.3) is 0 Å². The third-order valence-electron chi connectivity index (χ3n) is 3.70. The zero-order valence-electron chi connectivity index (χ0n) is 13.3. The molecule has 0 radical (unpaired) electrons. The van der Waals surface area contributed by atoms with Crippen molar-refractivity contribution in [3.8, 4) is 0 Å². The number of nitrogens with zero attached hydrogens (tertiary/aromatic N) is 1. The minimum absolute atomic E-state index is 0.253. The lowest BCUT2D eigenvalue weighted by Gasteiger charge is -2.21. The highest BCUT2D eigenvalue weighted by atomic mass is 16.5. The van der Waals surface area contributed by atoms with Crippen LogP contribution in [0.3, 0.4) is 0 Å². The lowest BCUT2D eigenvalue weighted by Crippen LogP contribution is -2.11. The summed E-state index contributed by atoms with van der Waals surface area (Å²) in [4.78, 5) is 4.38. The average molecular weight is 265 g/mol. The molecule has 0 fully saturated rings. The van der Waals surface area contributed by atoms with E-state index in [1.165, 1.54) is 50.5 Å². The lowest BCUT2D eigenvalue weighted by atomic mass is 9.85. The van der Waals surface area contributed by atoms with Crippen LogP contribution in [0.1, 0.15) is 72.6 Å². The van der Waals surface area contributed by atoms with Crippen molar-refractivity contribution in [3.63, 3.8) is 0 Å². The van der Waals surface area contributed by atoms with Crippen LogP contribution in [0.2, 0.25) is 0 Å². The van der Waals surface area contributed by atoms with Crippen LogP contribution in [-0.4, -0.2) is 19.0 Å². The minimum atomic E-state index is 0.253. The molecule has 1 heterocycles. The van der Waals surface area contributed by atoms with Gasteiger partial charge in [-0.25, -0.2) is 4.99 Å². The number of hydrogen-bond acceptors (Lipinski definition) is 2. The van der Waals surface area contributed by atoms with Gasteiger partial charge < -0.3 is 4.74 Å². The van der Waals surface area contributed by atoms with Gasteiger partial charge in [0.1, 0.15) is 6.61 Å². The maximum atomic E-state index is 5.51. The van der Waals surface area contributed by atoms with Crippen molar-refractivity contribution in [1.29, 1.82) is 0 Å². The second-order valence-electron chi connectivity index (χ2n) is 6.37. The van der Waals surface area contributed by atoms with Crippen molar-refractivity contribution in [2.45, 2.75) is 72.6 Å². The summed E-state index contributed by atoms with van der Waals surface area (Å²) in [5, 5.41) is 0. The predicted molar refractivity (Wildman–Crippen MR) is 83.8 cm³/mol. The van der Waals surface area contributed by atoms with Gasteiger partial charge in [-0.1, -0.05) is 65.4 Å². The Bertz CT molecular complexity index is 315. The van der Waals surface area contributed by atoms with Crippen LogP contribution in [0, 0.1) is 5.41 Å². The molecule has 0 amide bonds. The van der Waals surface area contributed by atoms with Crippen molar-refractivity contribution >= 4 is 5.90 Å². The molecule has 1 rings (SSSR count). The summed E-state index contributed by atoms with van der Waals surface area (Å²) in [6.07, 6.45) is 11.8. The molecule has 0 aliphatic carbocycles. The van der Waals surface area contributed by atoms with Crippen LogP contribution < -0.4 is 0 Å². The van der Waals surface area contributed by atoms with Crippen molar-refractivity contribution < 1.29 is 4.74 Å². The summed E-state index contributed by atoms with van der Waals surface area (Å²) in [6.45, 7) is 10.6. The van der Waals surface area contributed by atoms with E-state index in [9.17, 15) is 0 Å². The molecule has 0 unspecified atom stereocenters. The Hall–Kier alpha value is -0.790. The van der Waals surface area contributed by atoms with Crippen LogP contribution in [0.15, 0.2) is 16.6 Å².